The van der Waals surface area contributed by atoms with Crippen molar-refractivity contribution < 1.29 is 4.39 Å². The van der Waals surface area contributed by atoms with Crippen molar-refractivity contribution in [1.82, 2.24) is 0 Å². The van der Waals surface area contributed by atoms with Crippen molar-refractivity contribution in [3.05, 3.63) is 34.1 Å². The minimum absolute atomic E-state index is 0. The lowest BCUT2D eigenvalue weighted by atomic mass is 10.0. The maximum atomic E-state index is 13.3. The van der Waals surface area contributed by atoms with Gasteiger partial charge in [-0.2, -0.15) is 0 Å². The Balaban J connectivity index is 0.00000196. The van der Waals surface area contributed by atoms with Crippen LogP contribution in [0.5, 0.6) is 0 Å². The summed E-state index contributed by atoms with van der Waals surface area (Å²) in [5, 5.41) is 0. The van der Waals surface area contributed by atoms with Crippen molar-refractivity contribution in [3.8, 4) is 0 Å². The third-order valence-electron chi connectivity index (χ3n) is 2.08. The van der Waals surface area contributed by atoms with E-state index in [1.54, 1.807) is 12.1 Å². The van der Waals surface area contributed by atoms with Crippen LogP contribution >= 0.6 is 28.3 Å². The molecule has 86 valence electrons. The molecular formula is C10H15BrClFN2. The summed E-state index contributed by atoms with van der Waals surface area (Å²) in [6.45, 7) is 0.587. The molecular weight excluding hydrogens is 282 g/mol. The second kappa shape index (κ2) is 7.17. The Labute approximate surface area is 104 Å². The van der Waals surface area contributed by atoms with E-state index >= 15 is 0 Å². The predicted molar refractivity (Wildman–Crippen MR) is 66.6 cm³/mol. The van der Waals surface area contributed by atoms with Crippen LogP contribution in [0.3, 0.4) is 0 Å². The van der Waals surface area contributed by atoms with Crippen LogP contribution in [0, 0.1) is 5.82 Å². The molecule has 0 radical (unpaired) electrons. The summed E-state index contributed by atoms with van der Waals surface area (Å²) in [5.41, 5.74) is 11.7. The molecule has 0 aliphatic heterocycles. The quantitative estimate of drug-likeness (QED) is 0.898. The Hall–Kier alpha value is -0.160. The van der Waals surface area contributed by atoms with Crippen molar-refractivity contribution in [1.29, 1.82) is 0 Å². The largest absolute Gasteiger partial charge is 0.330 e. The van der Waals surface area contributed by atoms with E-state index in [2.05, 4.69) is 15.9 Å². The maximum absolute atomic E-state index is 13.3. The Morgan fingerprint density at radius 2 is 2.07 bits per heavy atom. The summed E-state index contributed by atoms with van der Waals surface area (Å²) in [5.74, 6) is -0.252. The molecule has 15 heavy (non-hydrogen) atoms. The first kappa shape index (κ1) is 14.8. The fourth-order valence-electron chi connectivity index (χ4n) is 1.29. The number of hydrogen-bond acceptors (Lipinski definition) is 2. The van der Waals surface area contributed by atoms with E-state index in [1.165, 1.54) is 6.07 Å². The molecule has 0 aliphatic carbocycles. The van der Waals surface area contributed by atoms with Crippen LogP contribution in [-0.2, 0) is 0 Å². The zero-order valence-corrected chi connectivity index (χ0v) is 10.7. The molecule has 0 aromatic heterocycles. The van der Waals surface area contributed by atoms with Gasteiger partial charge in [-0.05, 0) is 37.6 Å². The van der Waals surface area contributed by atoms with Gasteiger partial charge in [0.1, 0.15) is 5.82 Å². The standard InChI is InChI=1S/C10H14BrFN2.ClH/c11-7-3-4-9(12)8(6-7)10(14)2-1-5-13;/h3-4,6,10H,1-2,5,13-14H2;1H/t10-;/m1./s1. The van der Waals surface area contributed by atoms with Crippen LogP contribution in [0.15, 0.2) is 22.7 Å². The molecule has 0 unspecified atom stereocenters. The second-order valence-electron chi connectivity index (χ2n) is 3.20. The van der Waals surface area contributed by atoms with Gasteiger partial charge in [-0.25, -0.2) is 4.39 Å². The first-order valence-corrected chi connectivity index (χ1v) is 5.35. The topological polar surface area (TPSA) is 52.0 Å². The fraction of sp³-hybridized carbons (Fsp3) is 0.400. The summed E-state index contributed by atoms with van der Waals surface area (Å²) < 4.78 is 14.2. The van der Waals surface area contributed by atoms with E-state index in [9.17, 15) is 4.39 Å². The van der Waals surface area contributed by atoms with E-state index in [1.807, 2.05) is 0 Å². The van der Waals surface area contributed by atoms with Gasteiger partial charge >= 0.3 is 0 Å². The molecule has 0 saturated carbocycles. The van der Waals surface area contributed by atoms with Gasteiger partial charge in [0, 0.05) is 16.1 Å². The zero-order chi connectivity index (χ0) is 10.6. The van der Waals surface area contributed by atoms with Crippen LogP contribution < -0.4 is 11.5 Å². The van der Waals surface area contributed by atoms with Crippen molar-refractivity contribution in [2.45, 2.75) is 18.9 Å². The van der Waals surface area contributed by atoms with E-state index in [-0.39, 0.29) is 24.3 Å². The summed E-state index contributed by atoms with van der Waals surface area (Å²) in [4.78, 5) is 0. The van der Waals surface area contributed by atoms with Crippen molar-refractivity contribution in [3.63, 3.8) is 0 Å². The Morgan fingerprint density at radius 1 is 1.40 bits per heavy atom. The normalized spacial score (nSPS) is 12.0. The fourth-order valence-corrected chi connectivity index (χ4v) is 1.67. The average molecular weight is 298 g/mol. The van der Waals surface area contributed by atoms with Gasteiger partial charge in [-0.15, -0.1) is 12.4 Å². The van der Waals surface area contributed by atoms with Gasteiger partial charge in [-0.1, -0.05) is 15.9 Å². The van der Waals surface area contributed by atoms with Crippen molar-refractivity contribution in [2.75, 3.05) is 6.54 Å². The van der Waals surface area contributed by atoms with Gasteiger partial charge in [0.15, 0.2) is 0 Å². The summed E-state index contributed by atoms with van der Waals surface area (Å²) in [6.07, 6.45) is 1.52. The van der Waals surface area contributed by atoms with E-state index in [0.717, 1.165) is 10.9 Å². The molecule has 0 saturated heterocycles. The van der Waals surface area contributed by atoms with Crippen molar-refractivity contribution >= 4 is 28.3 Å². The molecule has 5 heteroatoms. The van der Waals surface area contributed by atoms with Crippen LogP contribution in [0.1, 0.15) is 24.4 Å². The summed E-state index contributed by atoms with van der Waals surface area (Å²) >= 11 is 3.29. The Morgan fingerprint density at radius 3 is 2.67 bits per heavy atom. The summed E-state index contributed by atoms with van der Waals surface area (Å²) in [6, 6.07) is 4.53. The first-order chi connectivity index (χ1) is 6.65. The van der Waals surface area contributed by atoms with Crippen LogP contribution in [0.4, 0.5) is 4.39 Å². The molecule has 0 aliphatic rings. The molecule has 2 nitrogen and oxygen atoms in total. The molecule has 4 N–H and O–H groups in total. The number of benzene rings is 1. The lowest BCUT2D eigenvalue weighted by Crippen LogP contribution is -2.14. The SMILES string of the molecule is Cl.NCCC[C@@H](N)c1cc(Br)ccc1F. The third kappa shape index (κ3) is 4.47. The monoisotopic (exact) mass is 296 g/mol. The van der Waals surface area contributed by atoms with Gasteiger partial charge < -0.3 is 11.5 Å². The van der Waals surface area contributed by atoms with Crippen LogP contribution in [0.25, 0.3) is 0 Å². The molecule has 1 rings (SSSR count). The number of halogens is 3. The number of hydrogen-bond donors (Lipinski definition) is 2. The highest BCUT2D eigenvalue weighted by molar-refractivity contribution is 9.10. The van der Waals surface area contributed by atoms with Crippen LogP contribution in [-0.4, -0.2) is 6.54 Å². The van der Waals surface area contributed by atoms with Crippen molar-refractivity contribution in [2.24, 2.45) is 11.5 Å². The maximum Gasteiger partial charge on any atom is 0.128 e. The highest BCUT2D eigenvalue weighted by Gasteiger charge is 2.10. The summed E-state index contributed by atoms with van der Waals surface area (Å²) in [7, 11) is 0. The number of rotatable bonds is 4. The lowest BCUT2D eigenvalue weighted by Gasteiger charge is -2.12. The minimum Gasteiger partial charge on any atom is -0.330 e. The van der Waals surface area contributed by atoms with Gasteiger partial charge in [-0.3, -0.25) is 0 Å². The molecule has 0 spiro atoms. The highest BCUT2D eigenvalue weighted by Crippen LogP contribution is 2.22. The minimum atomic E-state index is -0.268. The predicted octanol–water partition coefficient (Wildman–Crippen LogP) is 2.75. The van der Waals surface area contributed by atoms with Crippen LogP contribution in [0.2, 0.25) is 0 Å². The van der Waals surface area contributed by atoms with E-state index in [0.29, 0.717) is 18.5 Å². The lowest BCUT2D eigenvalue weighted by molar-refractivity contribution is 0.553. The Kier molecular flexibility index (Phi) is 7.09. The van der Waals surface area contributed by atoms with Gasteiger partial charge in [0.2, 0.25) is 0 Å². The van der Waals surface area contributed by atoms with Gasteiger partial charge in [0.25, 0.3) is 0 Å². The first-order valence-electron chi connectivity index (χ1n) is 4.55. The average Bonchev–Trinajstić information content (AvgIpc) is 2.18. The zero-order valence-electron chi connectivity index (χ0n) is 8.25. The molecule has 0 fully saturated rings. The molecule has 0 bridgehead atoms. The smallest absolute Gasteiger partial charge is 0.128 e. The van der Waals surface area contributed by atoms with Gasteiger partial charge in [0.05, 0.1) is 0 Å². The number of nitrogens with two attached hydrogens (primary N) is 2. The van der Waals surface area contributed by atoms with E-state index in [4.69, 9.17) is 11.5 Å². The molecule has 1 aromatic rings. The Bertz CT molecular complexity index is 309. The molecule has 1 aromatic carbocycles. The third-order valence-corrected chi connectivity index (χ3v) is 2.57. The molecule has 0 amide bonds. The van der Waals surface area contributed by atoms with E-state index < -0.39 is 0 Å². The second-order valence-corrected chi connectivity index (χ2v) is 4.12. The molecule has 1 atom stereocenters. The molecule has 0 heterocycles. The highest BCUT2D eigenvalue weighted by atomic mass is 79.9.